The largest absolute Gasteiger partial charge is 0.317 e. The molecular weight excluding hydrogens is 196 g/mol. The Labute approximate surface area is 87.5 Å². The minimum absolute atomic E-state index is 0.150. The van der Waals surface area contributed by atoms with Gasteiger partial charge in [0.2, 0.25) is 5.91 Å². The van der Waals surface area contributed by atoms with Crippen molar-refractivity contribution in [1.82, 2.24) is 5.32 Å². The maximum absolute atomic E-state index is 11.7. The van der Waals surface area contributed by atoms with Crippen molar-refractivity contribution in [3.63, 3.8) is 0 Å². The third-order valence-electron chi connectivity index (χ3n) is 2.53. The summed E-state index contributed by atoms with van der Waals surface area (Å²) in [6, 6.07) is 2.02. The standard InChI is InChI=1S/C10H14N2OS/c1-7-3-5-14-10(7)12-9(13)8-2-4-11-6-8/h3,5,8,11H,2,4,6H2,1H3,(H,12,13). The number of carbonyl (C=O) groups excluding carboxylic acids is 1. The Kier molecular flexibility index (Phi) is 2.84. The van der Waals surface area contributed by atoms with Gasteiger partial charge in [-0.25, -0.2) is 0 Å². The number of aryl methyl sites for hydroxylation is 1. The second kappa shape index (κ2) is 4.11. The van der Waals surface area contributed by atoms with Crippen LogP contribution in [0.15, 0.2) is 11.4 Å². The average Bonchev–Trinajstić information content (AvgIpc) is 2.77. The van der Waals surface area contributed by atoms with Gasteiger partial charge in [0.05, 0.1) is 10.9 Å². The van der Waals surface area contributed by atoms with Crippen LogP contribution in [0, 0.1) is 12.8 Å². The van der Waals surface area contributed by atoms with Gasteiger partial charge in [-0.05, 0) is 36.9 Å². The lowest BCUT2D eigenvalue weighted by Crippen LogP contribution is -2.24. The summed E-state index contributed by atoms with van der Waals surface area (Å²) in [7, 11) is 0. The fraction of sp³-hybridized carbons (Fsp3) is 0.500. The summed E-state index contributed by atoms with van der Waals surface area (Å²) in [5.74, 6) is 0.303. The molecule has 1 atom stereocenters. The molecule has 1 aromatic heterocycles. The molecular formula is C10H14N2OS. The van der Waals surface area contributed by atoms with Crippen LogP contribution in [-0.4, -0.2) is 19.0 Å². The van der Waals surface area contributed by atoms with Crippen molar-refractivity contribution in [2.75, 3.05) is 18.4 Å². The highest BCUT2D eigenvalue weighted by molar-refractivity contribution is 7.14. The first kappa shape index (κ1) is 9.68. The molecule has 1 aliphatic rings. The Morgan fingerprint density at radius 2 is 2.57 bits per heavy atom. The summed E-state index contributed by atoms with van der Waals surface area (Å²) >= 11 is 1.58. The molecule has 0 radical (unpaired) electrons. The maximum atomic E-state index is 11.7. The highest BCUT2D eigenvalue weighted by atomic mass is 32.1. The highest BCUT2D eigenvalue weighted by Gasteiger charge is 2.22. The van der Waals surface area contributed by atoms with Crippen molar-refractivity contribution in [3.8, 4) is 0 Å². The zero-order valence-electron chi connectivity index (χ0n) is 8.17. The van der Waals surface area contributed by atoms with E-state index in [2.05, 4.69) is 10.6 Å². The van der Waals surface area contributed by atoms with Crippen LogP contribution >= 0.6 is 11.3 Å². The van der Waals surface area contributed by atoms with E-state index in [0.717, 1.165) is 30.1 Å². The smallest absolute Gasteiger partial charge is 0.229 e. The predicted octanol–water partition coefficient (Wildman–Crippen LogP) is 1.60. The molecule has 0 spiro atoms. The first-order valence-electron chi connectivity index (χ1n) is 4.83. The molecule has 0 aliphatic carbocycles. The van der Waals surface area contributed by atoms with Crippen molar-refractivity contribution >= 4 is 22.2 Å². The molecule has 0 bridgehead atoms. The molecule has 0 saturated carbocycles. The van der Waals surface area contributed by atoms with E-state index in [1.54, 1.807) is 11.3 Å². The van der Waals surface area contributed by atoms with Crippen molar-refractivity contribution in [3.05, 3.63) is 17.0 Å². The van der Waals surface area contributed by atoms with Crippen molar-refractivity contribution in [1.29, 1.82) is 0 Å². The molecule has 1 unspecified atom stereocenters. The normalized spacial score (nSPS) is 21.1. The van der Waals surface area contributed by atoms with Gasteiger partial charge < -0.3 is 10.6 Å². The van der Waals surface area contributed by atoms with Gasteiger partial charge in [-0.15, -0.1) is 11.3 Å². The third kappa shape index (κ3) is 1.96. The highest BCUT2D eigenvalue weighted by Crippen LogP contribution is 2.23. The third-order valence-corrected chi connectivity index (χ3v) is 3.46. The van der Waals surface area contributed by atoms with E-state index in [4.69, 9.17) is 0 Å². The van der Waals surface area contributed by atoms with Crippen LogP contribution in [0.5, 0.6) is 0 Å². The molecule has 2 heterocycles. The number of rotatable bonds is 2. The molecule has 76 valence electrons. The topological polar surface area (TPSA) is 41.1 Å². The molecule has 4 heteroatoms. The quantitative estimate of drug-likeness (QED) is 0.778. The van der Waals surface area contributed by atoms with Gasteiger partial charge in [-0.2, -0.15) is 0 Å². The van der Waals surface area contributed by atoms with Gasteiger partial charge in [0.1, 0.15) is 0 Å². The van der Waals surface area contributed by atoms with Gasteiger partial charge in [0.15, 0.2) is 0 Å². The van der Waals surface area contributed by atoms with Crippen LogP contribution in [0.3, 0.4) is 0 Å². The summed E-state index contributed by atoms with van der Waals surface area (Å²) in [5.41, 5.74) is 1.15. The Balaban J connectivity index is 1.97. The number of carbonyl (C=O) groups is 1. The SMILES string of the molecule is Cc1ccsc1NC(=O)C1CCNC1. The van der Waals surface area contributed by atoms with Crippen LogP contribution in [0.25, 0.3) is 0 Å². The Hall–Kier alpha value is -0.870. The number of anilines is 1. The van der Waals surface area contributed by atoms with Gasteiger partial charge in [0.25, 0.3) is 0 Å². The number of nitrogens with one attached hydrogen (secondary N) is 2. The second-order valence-corrected chi connectivity index (χ2v) is 4.53. The predicted molar refractivity (Wildman–Crippen MR) is 58.7 cm³/mol. The molecule has 2 rings (SSSR count). The summed E-state index contributed by atoms with van der Waals surface area (Å²) in [5, 5.41) is 9.15. The van der Waals surface area contributed by atoms with Crippen LogP contribution in [-0.2, 0) is 4.79 Å². The summed E-state index contributed by atoms with van der Waals surface area (Å²) in [6.45, 7) is 3.79. The zero-order valence-corrected chi connectivity index (χ0v) is 8.99. The minimum Gasteiger partial charge on any atom is -0.317 e. The molecule has 3 nitrogen and oxygen atoms in total. The monoisotopic (exact) mass is 210 g/mol. The maximum Gasteiger partial charge on any atom is 0.229 e. The Morgan fingerprint density at radius 3 is 3.14 bits per heavy atom. The number of thiophene rings is 1. The second-order valence-electron chi connectivity index (χ2n) is 3.61. The fourth-order valence-electron chi connectivity index (χ4n) is 1.59. The lowest BCUT2D eigenvalue weighted by atomic mass is 10.1. The lowest BCUT2D eigenvalue weighted by molar-refractivity contribution is -0.119. The van der Waals surface area contributed by atoms with Gasteiger partial charge in [-0.1, -0.05) is 0 Å². The van der Waals surface area contributed by atoms with E-state index in [1.807, 2.05) is 18.4 Å². The van der Waals surface area contributed by atoms with Gasteiger partial charge >= 0.3 is 0 Å². The number of amides is 1. The minimum atomic E-state index is 0.150. The fourth-order valence-corrected chi connectivity index (χ4v) is 2.41. The first-order chi connectivity index (χ1) is 6.77. The molecule has 1 saturated heterocycles. The van der Waals surface area contributed by atoms with Crippen molar-refractivity contribution < 1.29 is 4.79 Å². The number of hydrogen-bond acceptors (Lipinski definition) is 3. The molecule has 1 aliphatic heterocycles. The molecule has 1 fully saturated rings. The van der Waals surface area contributed by atoms with E-state index in [0.29, 0.717) is 0 Å². The molecule has 14 heavy (non-hydrogen) atoms. The lowest BCUT2D eigenvalue weighted by Gasteiger charge is -2.08. The molecule has 1 amide bonds. The van der Waals surface area contributed by atoms with Crippen molar-refractivity contribution in [2.45, 2.75) is 13.3 Å². The zero-order chi connectivity index (χ0) is 9.97. The van der Waals surface area contributed by atoms with E-state index < -0.39 is 0 Å². The van der Waals surface area contributed by atoms with Gasteiger partial charge in [-0.3, -0.25) is 4.79 Å². The Morgan fingerprint density at radius 1 is 1.71 bits per heavy atom. The van der Waals surface area contributed by atoms with E-state index in [1.165, 1.54) is 0 Å². The van der Waals surface area contributed by atoms with Crippen molar-refractivity contribution in [2.24, 2.45) is 5.92 Å². The molecule has 1 aromatic rings. The summed E-state index contributed by atoms with van der Waals surface area (Å²) < 4.78 is 0. The Bertz CT molecular complexity index is 329. The van der Waals surface area contributed by atoms with Crippen LogP contribution in [0.4, 0.5) is 5.00 Å². The molecule has 0 aromatic carbocycles. The van der Waals surface area contributed by atoms with Crippen LogP contribution < -0.4 is 10.6 Å². The van der Waals surface area contributed by atoms with E-state index in [9.17, 15) is 4.79 Å². The summed E-state index contributed by atoms with van der Waals surface area (Å²) in [6.07, 6.45) is 0.955. The van der Waals surface area contributed by atoms with Crippen LogP contribution in [0.2, 0.25) is 0 Å². The van der Waals surface area contributed by atoms with E-state index >= 15 is 0 Å². The molecule has 2 N–H and O–H groups in total. The first-order valence-corrected chi connectivity index (χ1v) is 5.71. The number of hydrogen-bond donors (Lipinski definition) is 2. The van der Waals surface area contributed by atoms with Crippen LogP contribution in [0.1, 0.15) is 12.0 Å². The van der Waals surface area contributed by atoms with E-state index in [-0.39, 0.29) is 11.8 Å². The van der Waals surface area contributed by atoms with Gasteiger partial charge in [0, 0.05) is 6.54 Å². The average molecular weight is 210 g/mol. The summed E-state index contributed by atoms with van der Waals surface area (Å²) in [4.78, 5) is 11.7.